The van der Waals surface area contributed by atoms with E-state index in [9.17, 15) is 0 Å². The maximum Gasteiger partial charge on any atom is 0.142 e. The van der Waals surface area contributed by atoms with Crippen molar-refractivity contribution >= 4 is 5.69 Å². The highest BCUT2D eigenvalue weighted by Crippen LogP contribution is 2.19. The summed E-state index contributed by atoms with van der Waals surface area (Å²) in [6, 6.07) is 9.86. The lowest BCUT2D eigenvalue weighted by Crippen LogP contribution is -2.32. The fourth-order valence-electron chi connectivity index (χ4n) is 1.42. The molecule has 0 spiro atoms. The van der Waals surface area contributed by atoms with Crippen molar-refractivity contribution in [2.75, 3.05) is 25.9 Å². The monoisotopic (exact) mass is 233 g/mol. The molecule has 0 aliphatic heterocycles. The van der Waals surface area contributed by atoms with Crippen LogP contribution >= 0.6 is 0 Å². The molecule has 0 aliphatic carbocycles. The van der Waals surface area contributed by atoms with Crippen LogP contribution in [0.25, 0.3) is 0 Å². The summed E-state index contributed by atoms with van der Waals surface area (Å²) < 4.78 is 5.59. The Kier molecular flexibility index (Phi) is 5.31. The van der Waals surface area contributed by atoms with Gasteiger partial charge in [0.05, 0.1) is 18.2 Å². The lowest BCUT2D eigenvalue weighted by Gasteiger charge is -2.22. The summed E-state index contributed by atoms with van der Waals surface area (Å²) in [6.45, 7) is 3.37. The summed E-state index contributed by atoms with van der Waals surface area (Å²) in [5, 5.41) is 8.60. The second-order valence-corrected chi connectivity index (χ2v) is 4.08. The lowest BCUT2D eigenvalue weighted by molar-refractivity contribution is 0.202. The molecule has 0 aliphatic rings. The fraction of sp³-hybridized carbons (Fsp3) is 0.462. The van der Waals surface area contributed by atoms with E-state index in [2.05, 4.69) is 11.0 Å². The third-order valence-corrected chi connectivity index (χ3v) is 2.76. The predicted molar refractivity (Wildman–Crippen MR) is 68.7 cm³/mol. The Morgan fingerprint density at radius 1 is 1.47 bits per heavy atom. The zero-order valence-electron chi connectivity index (χ0n) is 10.4. The van der Waals surface area contributed by atoms with E-state index in [0.717, 1.165) is 6.54 Å². The molecular formula is C13H19N3O. The summed E-state index contributed by atoms with van der Waals surface area (Å²) >= 11 is 0. The Morgan fingerprint density at radius 2 is 2.18 bits per heavy atom. The highest BCUT2D eigenvalue weighted by Gasteiger charge is 2.08. The molecule has 1 aromatic rings. The minimum Gasteiger partial charge on any atom is -0.490 e. The molecule has 0 heterocycles. The van der Waals surface area contributed by atoms with E-state index in [-0.39, 0.29) is 6.04 Å². The molecule has 4 nitrogen and oxygen atoms in total. The van der Waals surface area contributed by atoms with E-state index in [1.807, 2.05) is 38.2 Å². The number of nitrogens with two attached hydrogens (primary N) is 1. The van der Waals surface area contributed by atoms with Crippen LogP contribution in [0.3, 0.4) is 0 Å². The van der Waals surface area contributed by atoms with Crippen LogP contribution in [0.1, 0.15) is 13.3 Å². The molecule has 1 atom stereocenters. The average Bonchev–Trinajstić information content (AvgIpc) is 2.31. The van der Waals surface area contributed by atoms with Gasteiger partial charge in [-0.3, -0.25) is 4.90 Å². The van der Waals surface area contributed by atoms with Crippen molar-refractivity contribution in [1.82, 2.24) is 4.90 Å². The molecule has 17 heavy (non-hydrogen) atoms. The van der Waals surface area contributed by atoms with Crippen LogP contribution < -0.4 is 10.5 Å². The summed E-state index contributed by atoms with van der Waals surface area (Å²) in [7, 11) is 1.99. The van der Waals surface area contributed by atoms with Crippen molar-refractivity contribution in [3.05, 3.63) is 24.3 Å². The second kappa shape index (κ2) is 6.77. The first-order chi connectivity index (χ1) is 8.15. The Bertz CT molecular complexity index is 386. The van der Waals surface area contributed by atoms with Gasteiger partial charge in [0.2, 0.25) is 0 Å². The second-order valence-electron chi connectivity index (χ2n) is 4.08. The van der Waals surface area contributed by atoms with Gasteiger partial charge in [0.15, 0.2) is 0 Å². The molecule has 1 aromatic carbocycles. The SMILES string of the molecule is CC(CC#N)N(C)CCOc1ccccc1N. The Balaban J connectivity index is 2.33. The van der Waals surface area contributed by atoms with Crippen LogP contribution in [-0.4, -0.2) is 31.1 Å². The van der Waals surface area contributed by atoms with Crippen molar-refractivity contribution in [2.45, 2.75) is 19.4 Å². The summed E-state index contributed by atoms with van der Waals surface area (Å²) in [5.74, 6) is 0.717. The van der Waals surface area contributed by atoms with E-state index < -0.39 is 0 Å². The standard InChI is InChI=1S/C13H19N3O/c1-11(7-8-14)16(2)9-10-17-13-6-4-3-5-12(13)15/h3-6,11H,7,9-10,15H2,1-2H3. The first kappa shape index (κ1) is 13.3. The predicted octanol–water partition coefficient (Wildman–Crippen LogP) is 1.88. The molecule has 4 heteroatoms. The van der Waals surface area contributed by atoms with Gasteiger partial charge in [0.1, 0.15) is 12.4 Å². The maximum absolute atomic E-state index is 8.60. The Labute approximate surface area is 103 Å². The molecule has 0 aromatic heterocycles. The Morgan fingerprint density at radius 3 is 2.82 bits per heavy atom. The average molecular weight is 233 g/mol. The van der Waals surface area contributed by atoms with Crippen LogP contribution in [0, 0.1) is 11.3 Å². The minimum absolute atomic E-state index is 0.247. The van der Waals surface area contributed by atoms with E-state index in [1.165, 1.54) is 0 Å². The van der Waals surface area contributed by atoms with Crippen LogP contribution in [-0.2, 0) is 0 Å². The van der Waals surface area contributed by atoms with Crippen molar-refractivity contribution in [2.24, 2.45) is 0 Å². The molecule has 0 radical (unpaired) electrons. The normalized spacial score (nSPS) is 12.1. The van der Waals surface area contributed by atoms with E-state index >= 15 is 0 Å². The maximum atomic E-state index is 8.60. The van der Waals surface area contributed by atoms with Crippen LogP contribution in [0.2, 0.25) is 0 Å². The molecule has 0 saturated heterocycles. The molecule has 1 unspecified atom stereocenters. The van der Waals surface area contributed by atoms with Crippen molar-refractivity contribution in [3.8, 4) is 11.8 Å². The number of hydrogen-bond acceptors (Lipinski definition) is 4. The van der Waals surface area contributed by atoms with Crippen LogP contribution in [0.15, 0.2) is 24.3 Å². The number of nitriles is 1. The van der Waals surface area contributed by atoms with Gasteiger partial charge in [-0.2, -0.15) is 5.26 Å². The summed E-state index contributed by atoms with van der Waals surface area (Å²) in [6.07, 6.45) is 0.532. The van der Waals surface area contributed by atoms with Crippen molar-refractivity contribution < 1.29 is 4.74 Å². The molecule has 0 amide bonds. The topological polar surface area (TPSA) is 62.3 Å². The molecular weight excluding hydrogens is 214 g/mol. The largest absolute Gasteiger partial charge is 0.490 e. The van der Waals surface area contributed by atoms with Gasteiger partial charge in [-0.05, 0) is 26.1 Å². The molecule has 2 N–H and O–H groups in total. The number of rotatable bonds is 6. The van der Waals surface area contributed by atoms with Crippen LogP contribution in [0.4, 0.5) is 5.69 Å². The fourth-order valence-corrected chi connectivity index (χ4v) is 1.42. The zero-order valence-corrected chi connectivity index (χ0v) is 10.4. The number of hydrogen-bond donors (Lipinski definition) is 1. The number of nitrogen functional groups attached to an aromatic ring is 1. The van der Waals surface area contributed by atoms with Gasteiger partial charge in [-0.25, -0.2) is 0 Å². The number of nitrogens with zero attached hydrogens (tertiary/aromatic N) is 2. The molecule has 92 valence electrons. The van der Waals surface area contributed by atoms with E-state index in [0.29, 0.717) is 24.5 Å². The van der Waals surface area contributed by atoms with Gasteiger partial charge < -0.3 is 10.5 Å². The van der Waals surface area contributed by atoms with Gasteiger partial charge in [-0.15, -0.1) is 0 Å². The van der Waals surface area contributed by atoms with E-state index in [4.69, 9.17) is 15.7 Å². The zero-order chi connectivity index (χ0) is 12.7. The summed E-state index contributed by atoms with van der Waals surface area (Å²) in [4.78, 5) is 2.10. The highest BCUT2D eigenvalue weighted by molar-refractivity contribution is 5.51. The third kappa shape index (κ3) is 4.33. The number of para-hydroxylation sites is 2. The van der Waals surface area contributed by atoms with Crippen molar-refractivity contribution in [1.29, 1.82) is 5.26 Å². The Hall–Kier alpha value is -1.73. The highest BCUT2D eigenvalue weighted by atomic mass is 16.5. The number of ether oxygens (including phenoxy) is 1. The minimum atomic E-state index is 0.247. The first-order valence-electron chi connectivity index (χ1n) is 5.69. The molecule has 1 rings (SSSR count). The van der Waals surface area contributed by atoms with Crippen LogP contribution in [0.5, 0.6) is 5.75 Å². The molecule has 0 saturated carbocycles. The van der Waals surface area contributed by atoms with Gasteiger partial charge in [-0.1, -0.05) is 12.1 Å². The number of likely N-dealkylation sites (N-methyl/N-ethyl adjacent to an activating group) is 1. The molecule has 0 fully saturated rings. The molecule has 0 bridgehead atoms. The van der Waals surface area contributed by atoms with Gasteiger partial charge in [0.25, 0.3) is 0 Å². The summed E-state index contributed by atoms with van der Waals surface area (Å²) in [5.41, 5.74) is 6.42. The van der Waals surface area contributed by atoms with Gasteiger partial charge >= 0.3 is 0 Å². The number of benzene rings is 1. The smallest absolute Gasteiger partial charge is 0.142 e. The first-order valence-corrected chi connectivity index (χ1v) is 5.69. The number of anilines is 1. The quantitative estimate of drug-likeness (QED) is 0.762. The third-order valence-electron chi connectivity index (χ3n) is 2.76. The lowest BCUT2D eigenvalue weighted by atomic mass is 10.2. The van der Waals surface area contributed by atoms with Crippen molar-refractivity contribution in [3.63, 3.8) is 0 Å². The van der Waals surface area contributed by atoms with Gasteiger partial charge in [0, 0.05) is 12.6 Å². The van der Waals surface area contributed by atoms with E-state index in [1.54, 1.807) is 0 Å².